The third-order valence-corrected chi connectivity index (χ3v) is 6.65. The first-order chi connectivity index (χ1) is 18.5. The van der Waals surface area contributed by atoms with Crippen LogP contribution in [0.3, 0.4) is 0 Å². The van der Waals surface area contributed by atoms with Gasteiger partial charge in [-0.25, -0.2) is 9.37 Å². The number of rotatable bonds is 5. The second kappa shape index (κ2) is 9.71. The number of hydroxylamine groups is 2. The number of carboxylic acid groups (broad SMARTS) is 1. The van der Waals surface area contributed by atoms with Crippen molar-refractivity contribution in [2.24, 2.45) is 0 Å². The maximum atomic E-state index is 12.7. The van der Waals surface area contributed by atoms with E-state index in [0.717, 1.165) is 17.1 Å². The molecule has 2 aromatic carbocycles. The van der Waals surface area contributed by atoms with E-state index in [1.165, 1.54) is 12.1 Å². The number of carbonyl (C=O) groups excluding carboxylic acids is 4. The fourth-order valence-corrected chi connectivity index (χ4v) is 4.57. The number of nitrogens with zero attached hydrogens (tertiary/aromatic N) is 3. The highest BCUT2D eigenvalue weighted by molar-refractivity contribution is 6.09. The first kappa shape index (κ1) is 25.7. The molecule has 1 fully saturated rings. The molecule has 0 N–H and O–H groups in total. The number of imide groups is 1. The number of hydrogen-bond acceptors (Lipinski definition) is 8. The average Bonchev–Trinajstić information content (AvgIpc) is 3.22. The van der Waals surface area contributed by atoms with Crippen molar-refractivity contribution in [3.05, 3.63) is 71.1 Å². The van der Waals surface area contributed by atoms with Crippen LogP contribution >= 0.6 is 0 Å². The second-order valence-corrected chi connectivity index (χ2v) is 9.64. The number of anilines is 1. The molecular weight excluding hydrogens is 514 g/mol. The van der Waals surface area contributed by atoms with Gasteiger partial charge in [0.15, 0.2) is 0 Å². The highest BCUT2D eigenvalue weighted by atomic mass is 16.7. The Morgan fingerprint density at radius 1 is 0.949 bits per heavy atom. The van der Waals surface area contributed by atoms with Gasteiger partial charge in [0.25, 0.3) is 11.8 Å². The summed E-state index contributed by atoms with van der Waals surface area (Å²) in [6, 6.07) is 15.3. The Hall–Kier alpha value is -4.99. The van der Waals surface area contributed by atoms with Gasteiger partial charge in [0.05, 0.1) is 17.6 Å². The third kappa shape index (κ3) is 4.61. The largest absolute Gasteiger partial charge is 0.545 e. The molecule has 10 heteroatoms. The summed E-state index contributed by atoms with van der Waals surface area (Å²) >= 11 is 0. The minimum atomic E-state index is -1.51. The molecular formula is C29H25N3O7. The molecule has 10 nitrogen and oxygen atoms in total. The van der Waals surface area contributed by atoms with E-state index in [-0.39, 0.29) is 24.0 Å². The number of carboxylic acids is 1. The zero-order valence-corrected chi connectivity index (χ0v) is 21.8. The molecule has 2 amide bonds. The molecule has 1 aliphatic carbocycles. The number of aromatic carboxylic acids is 1. The molecule has 2 heterocycles. The Bertz CT molecular complexity index is 1710. The van der Waals surface area contributed by atoms with E-state index in [9.17, 15) is 24.3 Å². The maximum Gasteiger partial charge on any atom is 0.363 e. The van der Waals surface area contributed by atoms with Crippen molar-refractivity contribution in [3.8, 4) is 22.5 Å². The zero-order chi connectivity index (χ0) is 28.0. The van der Waals surface area contributed by atoms with Gasteiger partial charge in [0.1, 0.15) is 25.4 Å². The van der Waals surface area contributed by atoms with Crippen molar-refractivity contribution >= 4 is 40.4 Å². The van der Waals surface area contributed by atoms with Crippen LogP contribution in [0, 0.1) is 0 Å². The fraction of sp³-hybridized carbons (Fsp3) is 0.207. The van der Waals surface area contributed by atoms with Crippen molar-refractivity contribution in [3.63, 3.8) is 0 Å². The molecule has 0 spiro atoms. The number of amides is 2. The van der Waals surface area contributed by atoms with Crippen LogP contribution in [0.4, 0.5) is 5.69 Å². The van der Waals surface area contributed by atoms with E-state index in [1.54, 1.807) is 0 Å². The van der Waals surface area contributed by atoms with Gasteiger partial charge in [-0.3, -0.25) is 9.59 Å². The van der Waals surface area contributed by atoms with Crippen LogP contribution in [0.2, 0.25) is 0 Å². The SMILES string of the molecule is CN(C)[13c]1[13cH][13cH][13c]2c(-c3ccc(C(=O)ON4C(=O)CCC4=O)cc3C(=O)[O-])[13c]3[13cH][13cH][13c](=[N+](C)C)[13cH][13c]-3o[13c]2[13cH]1. The molecule has 2 aromatic rings. The first-order valence-electron chi connectivity index (χ1n) is 12.2. The van der Waals surface area contributed by atoms with Gasteiger partial charge in [-0.05, 0) is 35.9 Å². The van der Waals surface area contributed by atoms with E-state index >= 15 is 0 Å². The van der Waals surface area contributed by atoms with Gasteiger partial charge in [-0.1, -0.05) is 6.07 Å². The van der Waals surface area contributed by atoms with Crippen molar-refractivity contribution in [2.75, 3.05) is 33.1 Å². The summed E-state index contributed by atoms with van der Waals surface area (Å²) in [7, 11) is 7.62. The molecule has 1 saturated heterocycles. The predicted octanol–water partition coefficient (Wildman–Crippen LogP) is 1.89. The molecule has 3 aliphatic rings. The van der Waals surface area contributed by atoms with E-state index in [4.69, 9.17) is 9.25 Å². The zero-order valence-electron chi connectivity index (χ0n) is 21.8. The van der Waals surface area contributed by atoms with Gasteiger partial charge < -0.3 is 24.1 Å². The van der Waals surface area contributed by atoms with Crippen LogP contribution in [0.15, 0.2) is 59.0 Å². The molecule has 198 valence electrons. The lowest BCUT2D eigenvalue weighted by Gasteiger charge is -2.20. The summed E-state index contributed by atoms with van der Waals surface area (Å²) in [4.78, 5) is 55.7. The summed E-state index contributed by atoms with van der Waals surface area (Å²) in [5.74, 6) is -3.27. The van der Waals surface area contributed by atoms with Crippen LogP contribution in [0.5, 0.6) is 0 Å². The van der Waals surface area contributed by atoms with Crippen LogP contribution < -0.4 is 19.9 Å². The van der Waals surface area contributed by atoms with Crippen molar-refractivity contribution in [1.82, 2.24) is 9.64 Å². The highest BCUT2D eigenvalue weighted by Crippen LogP contribution is 2.42. The Kier molecular flexibility index (Phi) is 6.39. The number of carbonyl (C=O) groups is 4. The summed E-state index contributed by atoms with van der Waals surface area (Å²) < 4.78 is 8.22. The summed E-state index contributed by atoms with van der Waals surface area (Å²) in [5, 5.41) is 14.3. The summed E-state index contributed by atoms with van der Waals surface area (Å²) in [5.41, 5.74) is 2.58. The molecule has 0 aromatic heterocycles. The quantitative estimate of drug-likeness (QED) is 0.214. The molecule has 5 rings (SSSR count). The molecule has 0 unspecified atom stereocenters. The predicted molar refractivity (Wildman–Crippen MR) is 141 cm³/mol. The lowest BCUT2D eigenvalue weighted by atomic mass is 10.0. The molecule has 0 saturated carbocycles. The third-order valence-electron chi connectivity index (χ3n) is 6.65. The van der Waals surface area contributed by atoms with Gasteiger partial charge >= 0.3 is 5.97 Å². The summed E-state index contributed by atoms with van der Waals surface area (Å²) in [6.07, 6.45) is -0.112. The van der Waals surface area contributed by atoms with Crippen LogP contribution in [0.25, 0.3) is 33.4 Å². The molecule has 0 atom stereocenters. The lowest BCUT2D eigenvalue weighted by Crippen LogP contribution is -2.32. The Morgan fingerprint density at radius 2 is 1.64 bits per heavy atom. The molecule has 2 aliphatic heterocycles. The van der Waals surface area contributed by atoms with Crippen LogP contribution in [-0.4, -0.2) is 57.0 Å². The average molecular weight is 539 g/mol. The van der Waals surface area contributed by atoms with Crippen molar-refractivity contribution < 1.29 is 33.5 Å². The first-order valence-corrected chi connectivity index (χ1v) is 12.2. The Morgan fingerprint density at radius 3 is 2.28 bits per heavy atom. The van der Waals surface area contributed by atoms with Gasteiger partial charge in [0, 0.05) is 66.8 Å². The molecule has 0 bridgehead atoms. The summed E-state index contributed by atoms with van der Waals surface area (Å²) in [6.45, 7) is 0. The topological polar surface area (TPSA) is 123 Å². The van der Waals surface area contributed by atoms with E-state index in [0.29, 0.717) is 38.5 Å². The normalized spacial score (nSPS) is 13.3. The number of benzene rings is 3. The molecule has 0 radical (unpaired) electrons. The van der Waals surface area contributed by atoms with Gasteiger partial charge in [0.2, 0.25) is 5.36 Å². The standard InChI is InChI=1S/C29H25N3O7/c1-30(2)17-6-9-20-23(14-17)38-24-15-18(31(3)4)7-10-21(24)27(20)19-8-5-16(13-22(19)28(35)36)29(37)39-32-25(33)11-12-26(32)34/h5-10,13-15H,11-12H2,1-4H3/i6+1,7+1,9+1,10+1,14+1,15+1,17+1,18+1,20+1,21+1,23+1,24+1. The number of hydrogen-bond donors (Lipinski definition) is 0. The maximum absolute atomic E-state index is 12.7. The van der Waals surface area contributed by atoms with E-state index < -0.39 is 23.8 Å². The van der Waals surface area contributed by atoms with Crippen LogP contribution in [0.1, 0.15) is 33.6 Å². The Labute approximate surface area is 223 Å². The smallest absolute Gasteiger partial charge is 0.363 e. The minimum absolute atomic E-state index is 0.0559. The highest BCUT2D eigenvalue weighted by Gasteiger charge is 2.33. The van der Waals surface area contributed by atoms with Gasteiger partial charge in [-0.15, -0.1) is 5.06 Å². The van der Waals surface area contributed by atoms with E-state index in [2.05, 4.69) is 0 Å². The van der Waals surface area contributed by atoms with Crippen molar-refractivity contribution in [1.29, 1.82) is 0 Å². The van der Waals surface area contributed by atoms with Crippen molar-refractivity contribution in [2.45, 2.75) is 12.8 Å². The van der Waals surface area contributed by atoms with Gasteiger partial charge in [-0.2, -0.15) is 0 Å². The minimum Gasteiger partial charge on any atom is -0.545 e. The lowest BCUT2D eigenvalue weighted by molar-refractivity contribution is -0.255. The monoisotopic (exact) mass is 539 g/mol. The Balaban J connectivity index is 1.72. The van der Waals surface area contributed by atoms with Crippen LogP contribution in [-0.2, 0) is 14.4 Å². The van der Waals surface area contributed by atoms with E-state index in [1.807, 2.05) is 74.1 Å². The molecule has 39 heavy (non-hydrogen) atoms. The second-order valence-electron chi connectivity index (χ2n) is 9.64. The number of fused-ring (bicyclic) bond motifs is 2. The fourth-order valence-electron chi connectivity index (χ4n) is 4.57.